The highest BCUT2D eigenvalue weighted by molar-refractivity contribution is 7.98. The van der Waals surface area contributed by atoms with Crippen LogP contribution in [-0.4, -0.2) is 71.1 Å². The van der Waals surface area contributed by atoms with Gasteiger partial charge in [-0.25, -0.2) is 4.79 Å². The van der Waals surface area contributed by atoms with Crippen LogP contribution in [0.1, 0.15) is 78.5 Å². The lowest BCUT2D eigenvalue weighted by molar-refractivity contribution is -0.149. The number of hydrogen-bond donors (Lipinski definition) is 2. The maximum atomic E-state index is 14.2. The Morgan fingerprint density at radius 3 is 2.18 bits per heavy atom. The van der Waals surface area contributed by atoms with Crippen molar-refractivity contribution in [2.45, 2.75) is 84.5 Å². The number of rotatable bonds is 12. The summed E-state index contributed by atoms with van der Waals surface area (Å²) in [7, 11) is 0. The number of carbonyl (C=O) groups is 4. The first-order valence-electron chi connectivity index (χ1n) is 13.0. The predicted octanol–water partition coefficient (Wildman–Crippen LogP) is 4.05. The first kappa shape index (κ1) is 33.8. The van der Waals surface area contributed by atoms with Gasteiger partial charge >= 0.3 is 12.1 Å². The molecule has 2 N–H and O–H groups in total. The van der Waals surface area contributed by atoms with Crippen LogP contribution < -0.4 is 10.6 Å². The number of alkyl carbamates (subject to hydrolysis) is 1. The molecule has 2 unspecified atom stereocenters. The van der Waals surface area contributed by atoms with Crippen molar-refractivity contribution in [3.63, 3.8) is 0 Å². The molecule has 0 bridgehead atoms. The van der Waals surface area contributed by atoms with E-state index in [-0.39, 0.29) is 19.6 Å². The molecular formula is C29H43N3O6S. The Labute approximate surface area is 237 Å². The lowest BCUT2D eigenvalue weighted by Gasteiger charge is -2.43. The minimum absolute atomic E-state index is 0.0116. The quantitative estimate of drug-likeness (QED) is 0.292. The number of terminal acetylenes is 1. The molecule has 0 spiro atoms. The molecule has 0 heterocycles. The standard InChI is InChI=1S/C29H43N3O6S/c1-10-20-12-14-21(15-13-20)24(25(34)30-18-16-23(33)37-11-2)32(28(3,4)5)26(35)22(17-19-39-9)31-27(36)38-29(6,7)8/h1,12-15,22,24H,11,16-19H2,2-9H3,(H,30,34)(H,31,36). The molecule has 0 aromatic heterocycles. The lowest BCUT2D eigenvalue weighted by Crippen LogP contribution is -2.58. The second-order valence-electron chi connectivity index (χ2n) is 10.9. The van der Waals surface area contributed by atoms with Crippen LogP contribution in [0.5, 0.6) is 0 Å². The molecule has 1 aromatic rings. The van der Waals surface area contributed by atoms with Crippen molar-refractivity contribution >= 4 is 35.6 Å². The molecule has 0 aliphatic heterocycles. The first-order chi connectivity index (χ1) is 18.1. The van der Waals surface area contributed by atoms with Gasteiger partial charge in [0, 0.05) is 17.6 Å². The van der Waals surface area contributed by atoms with Gasteiger partial charge < -0.3 is 25.0 Å². The summed E-state index contributed by atoms with van der Waals surface area (Å²) < 4.78 is 10.4. The second kappa shape index (κ2) is 15.4. The van der Waals surface area contributed by atoms with Crippen LogP contribution in [0.3, 0.4) is 0 Å². The highest BCUT2D eigenvalue weighted by Crippen LogP contribution is 2.31. The van der Waals surface area contributed by atoms with Gasteiger partial charge in [0.25, 0.3) is 0 Å². The fraction of sp³-hybridized carbons (Fsp3) is 0.586. The molecule has 0 aliphatic carbocycles. The first-order valence-corrected chi connectivity index (χ1v) is 14.4. The summed E-state index contributed by atoms with van der Waals surface area (Å²) in [4.78, 5) is 53.8. The summed E-state index contributed by atoms with van der Waals surface area (Å²) in [6.07, 6.45) is 7.03. The molecule has 39 heavy (non-hydrogen) atoms. The summed E-state index contributed by atoms with van der Waals surface area (Å²) >= 11 is 1.53. The molecule has 2 atom stereocenters. The zero-order valence-electron chi connectivity index (χ0n) is 24.4. The second-order valence-corrected chi connectivity index (χ2v) is 11.9. The molecule has 1 aromatic carbocycles. The monoisotopic (exact) mass is 561 g/mol. The van der Waals surface area contributed by atoms with Crippen LogP contribution in [0.4, 0.5) is 4.79 Å². The van der Waals surface area contributed by atoms with E-state index in [4.69, 9.17) is 15.9 Å². The van der Waals surface area contributed by atoms with Gasteiger partial charge in [0.15, 0.2) is 0 Å². The topological polar surface area (TPSA) is 114 Å². The fourth-order valence-electron chi connectivity index (χ4n) is 3.75. The molecule has 0 saturated heterocycles. The number of carbonyl (C=O) groups excluding carboxylic acids is 4. The third kappa shape index (κ3) is 11.6. The molecule has 216 valence electrons. The summed E-state index contributed by atoms with van der Waals surface area (Å²) in [5.74, 6) is 1.80. The SMILES string of the molecule is C#Cc1ccc(C(C(=O)NCCC(=O)OCC)N(C(=O)C(CCSC)NC(=O)OC(C)(C)C)C(C)(C)C)cc1. The lowest BCUT2D eigenvalue weighted by atomic mass is 9.94. The molecule has 0 radical (unpaired) electrons. The molecule has 10 heteroatoms. The van der Waals surface area contributed by atoms with Crippen LogP contribution in [0.2, 0.25) is 0 Å². The van der Waals surface area contributed by atoms with Crippen molar-refractivity contribution in [2.24, 2.45) is 0 Å². The van der Waals surface area contributed by atoms with Crippen molar-refractivity contribution in [3.8, 4) is 12.3 Å². The highest BCUT2D eigenvalue weighted by atomic mass is 32.2. The van der Waals surface area contributed by atoms with Crippen LogP contribution in [0, 0.1) is 12.3 Å². The summed E-state index contributed by atoms with van der Waals surface area (Å²) in [5, 5.41) is 5.48. The maximum absolute atomic E-state index is 14.2. The van der Waals surface area contributed by atoms with Crippen molar-refractivity contribution in [1.82, 2.24) is 15.5 Å². The van der Waals surface area contributed by atoms with Gasteiger partial charge in [0.05, 0.1) is 13.0 Å². The smallest absolute Gasteiger partial charge is 0.408 e. The number of nitrogens with zero attached hydrogens (tertiary/aromatic N) is 1. The van der Waals surface area contributed by atoms with Gasteiger partial charge in [0.2, 0.25) is 11.8 Å². The average molecular weight is 562 g/mol. The minimum atomic E-state index is -1.07. The summed E-state index contributed by atoms with van der Waals surface area (Å²) in [6, 6.07) is 4.80. The predicted molar refractivity (Wildman–Crippen MR) is 154 cm³/mol. The third-order valence-electron chi connectivity index (χ3n) is 5.39. The average Bonchev–Trinajstić information content (AvgIpc) is 2.83. The number of esters is 1. The summed E-state index contributed by atoms with van der Waals surface area (Å²) in [6.45, 7) is 12.7. The Morgan fingerprint density at radius 2 is 1.69 bits per heavy atom. The molecule has 9 nitrogen and oxygen atoms in total. The van der Waals surface area contributed by atoms with Crippen LogP contribution in [0.25, 0.3) is 0 Å². The van der Waals surface area contributed by atoms with Gasteiger partial charge in [-0.05, 0) is 84.6 Å². The van der Waals surface area contributed by atoms with Gasteiger partial charge in [-0.15, -0.1) is 6.42 Å². The Kier molecular flexibility index (Phi) is 13.4. The zero-order chi connectivity index (χ0) is 29.8. The highest BCUT2D eigenvalue weighted by Gasteiger charge is 2.41. The van der Waals surface area contributed by atoms with Crippen LogP contribution in [0.15, 0.2) is 24.3 Å². The third-order valence-corrected chi connectivity index (χ3v) is 6.04. The van der Waals surface area contributed by atoms with Crippen LogP contribution in [-0.2, 0) is 23.9 Å². The van der Waals surface area contributed by atoms with E-state index in [1.54, 1.807) is 52.0 Å². The van der Waals surface area contributed by atoms with E-state index in [1.807, 2.05) is 27.0 Å². The molecule has 3 amide bonds. The van der Waals surface area contributed by atoms with E-state index in [0.717, 1.165) is 0 Å². The van der Waals surface area contributed by atoms with Crippen molar-refractivity contribution in [2.75, 3.05) is 25.2 Å². The number of ether oxygens (including phenoxy) is 2. The van der Waals surface area contributed by atoms with Gasteiger partial charge in [-0.3, -0.25) is 14.4 Å². The molecule has 1 rings (SSSR count). The Bertz CT molecular complexity index is 1020. The normalized spacial score (nSPS) is 12.9. The van der Waals surface area contributed by atoms with Crippen molar-refractivity contribution < 1.29 is 28.7 Å². The minimum Gasteiger partial charge on any atom is -0.466 e. The molecular weight excluding hydrogens is 518 g/mol. The van der Waals surface area contributed by atoms with Crippen LogP contribution >= 0.6 is 11.8 Å². The van der Waals surface area contributed by atoms with E-state index in [1.165, 1.54) is 16.7 Å². The Morgan fingerprint density at radius 1 is 1.08 bits per heavy atom. The number of amides is 3. The number of nitrogens with one attached hydrogen (secondary N) is 2. The van der Waals surface area contributed by atoms with E-state index in [9.17, 15) is 19.2 Å². The van der Waals surface area contributed by atoms with E-state index in [2.05, 4.69) is 16.6 Å². The fourth-order valence-corrected chi connectivity index (χ4v) is 4.22. The van der Waals surface area contributed by atoms with Gasteiger partial charge in [-0.2, -0.15) is 11.8 Å². The van der Waals surface area contributed by atoms with Gasteiger partial charge in [-0.1, -0.05) is 18.1 Å². The van der Waals surface area contributed by atoms with Gasteiger partial charge in [0.1, 0.15) is 17.7 Å². The number of benzene rings is 1. The van der Waals surface area contributed by atoms with E-state index >= 15 is 0 Å². The van der Waals surface area contributed by atoms with E-state index < -0.39 is 47.1 Å². The largest absolute Gasteiger partial charge is 0.466 e. The Balaban J connectivity index is 3.48. The summed E-state index contributed by atoms with van der Waals surface area (Å²) in [5.41, 5.74) is -0.427. The van der Waals surface area contributed by atoms with Crippen molar-refractivity contribution in [3.05, 3.63) is 35.4 Å². The number of thioether (sulfide) groups is 1. The number of hydrogen-bond acceptors (Lipinski definition) is 7. The molecule has 0 fully saturated rings. The molecule has 0 saturated carbocycles. The van der Waals surface area contributed by atoms with Crippen molar-refractivity contribution in [1.29, 1.82) is 0 Å². The zero-order valence-corrected chi connectivity index (χ0v) is 25.2. The molecule has 0 aliphatic rings. The Hall–Kier alpha value is -3.19. The maximum Gasteiger partial charge on any atom is 0.408 e. The van der Waals surface area contributed by atoms with E-state index in [0.29, 0.717) is 23.3 Å².